The molecule has 0 aromatic heterocycles. The van der Waals surface area contributed by atoms with Crippen molar-refractivity contribution < 1.29 is 4.74 Å². The Kier molecular flexibility index (Phi) is 3.50. The quantitative estimate of drug-likeness (QED) is 0.665. The summed E-state index contributed by atoms with van der Waals surface area (Å²) in [6.45, 7) is 7.34. The maximum absolute atomic E-state index is 5.92. The van der Waals surface area contributed by atoms with Gasteiger partial charge in [0.1, 0.15) is 0 Å². The molecule has 2 N–H and O–H groups in total. The Morgan fingerprint density at radius 2 is 2.25 bits per heavy atom. The van der Waals surface area contributed by atoms with E-state index in [1.807, 2.05) is 0 Å². The summed E-state index contributed by atoms with van der Waals surface area (Å²) in [6, 6.07) is 0.857. The molecule has 0 spiro atoms. The summed E-state index contributed by atoms with van der Waals surface area (Å²) in [5, 5.41) is 0. The molecule has 0 amide bonds. The van der Waals surface area contributed by atoms with Crippen LogP contribution in [-0.4, -0.2) is 43.8 Å². The summed E-state index contributed by atoms with van der Waals surface area (Å²) in [7, 11) is 1.75. The standard InChI is InChI=1S/C9H20N2O/c1-7-4-11(5-9(7)10)8(2)6-12-3/h7-9H,4-6,10H2,1-3H3. The minimum Gasteiger partial charge on any atom is -0.383 e. The number of ether oxygens (including phenoxy) is 1. The molecule has 72 valence electrons. The highest BCUT2D eigenvalue weighted by atomic mass is 16.5. The van der Waals surface area contributed by atoms with E-state index in [0.29, 0.717) is 18.0 Å². The van der Waals surface area contributed by atoms with E-state index in [2.05, 4.69) is 18.7 Å². The van der Waals surface area contributed by atoms with Gasteiger partial charge in [-0.2, -0.15) is 0 Å². The summed E-state index contributed by atoms with van der Waals surface area (Å²) in [5.41, 5.74) is 5.92. The molecule has 1 saturated heterocycles. The van der Waals surface area contributed by atoms with Gasteiger partial charge in [-0.05, 0) is 12.8 Å². The smallest absolute Gasteiger partial charge is 0.0615 e. The first kappa shape index (κ1) is 9.96. The van der Waals surface area contributed by atoms with Crippen molar-refractivity contribution in [3.8, 4) is 0 Å². The van der Waals surface area contributed by atoms with Gasteiger partial charge in [0.2, 0.25) is 0 Å². The van der Waals surface area contributed by atoms with Gasteiger partial charge in [-0.3, -0.25) is 4.90 Å². The van der Waals surface area contributed by atoms with Crippen LogP contribution in [0.3, 0.4) is 0 Å². The number of hydrogen-bond acceptors (Lipinski definition) is 3. The molecule has 3 unspecified atom stereocenters. The molecule has 1 heterocycles. The minimum atomic E-state index is 0.351. The van der Waals surface area contributed by atoms with E-state index in [1.54, 1.807) is 7.11 Å². The van der Waals surface area contributed by atoms with Crippen LogP contribution in [0.25, 0.3) is 0 Å². The molecule has 3 heteroatoms. The second kappa shape index (κ2) is 4.21. The second-order valence-electron chi connectivity index (χ2n) is 3.90. The lowest BCUT2D eigenvalue weighted by molar-refractivity contribution is 0.112. The van der Waals surface area contributed by atoms with E-state index in [0.717, 1.165) is 19.7 Å². The molecule has 0 aromatic rings. The van der Waals surface area contributed by atoms with Crippen LogP contribution in [0.2, 0.25) is 0 Å². The van der Waals surface area contributed by atoms with Crippen LogP contribution in [0.5, 0.6) is 0 Å². The first-order valence-corrected chi connectivity index (χ1v) is 4.63. The molecule has 1 rings (SSSR count). The normalized spacial score (nSPS) is 34.0. The molecule has 1 aliphatic heterocycles. The fourth-order valence-electron chi connectivity index (χ4n) is 1.74. The van der Waals surface area contributed by atoms with Crippen molar-refractivity contribution in [2.24, 2.45) is 11.7 Å². The van der Waals surface area contributed by atoms with E-state index in [1.165, 1.54) is 0 Å². The van der Waals surface area contributed by atoms with Crippen LogP contribution in [0, 0.1) is 5.92 Å². The first-order valence-electron chi connectivity index (χ1n) is 4.63. The van der Waals surface area contributed by atoms with Gasteiger partial charge in [0.25, 0.3) is 0 Å². The number of nitrogens with zero attached hydrogens (tertiary/aromatic N) is 1. The Morgan fingerprint density at radius 1 is 1.58 bits per heavy atom. The lowest BCUT2D eigenvalue weighted by atomic mass is 10.1. The van der Waals surface area contributed by atoms with Crippen molar-refractivity contribution in [2.75, 3.05) is 26.8 Å². The molecule has 1 aliphatic rings. The third kappa shape index (κ3) is 2.19. The third-order valence-corrected chi connectivity index (χ3v) is 2.73. The Labute approximate surface area is 74.9 Å². The van der Waals surface area contributed by atoms with Crippen LogP contribution in [0.1, 0.15) is 13.8 Å². The van der Waals surface area contributed by atoms with Gasteiger partial charge >= 0.3 is 0 Å². The lowest BCUT2D eigenvalue weighted by Gasteiger charge is -2.23. The zero-order chi connectivity index (χ0) is 9.14. The highest BCUT2D eigenvalue weighted by Crippen LogP contribution is 2.16. The second-order valence-corrected chi connectivity index (χ2v) is 3.90. The van der Waals surface area contributed by atoms with E-state index >= 15 is 0 Å². The van der Waals surface area contributed by atoms with Crippen molar-refractivity contribution in [2.45, 2.75) is 25.9 Å². The minimum absolute atomic E-state index is 0.351. The first-order chi connectivity index (χ1) is 5.65. The van der Waals surface area contributed by atoms with Crippen LogP contribution >= 0.6 is 0 Å². The largest absolute Gasteiger partial charge is 0.383 e. The fourth-order valence-corrected chi connectivity index (χ4v) is 1.74. The lowest BCUT2D eigenvalue weighted by Crippen LogP contribution is -2.36. The van der Waals surface area contributed by atoms with Crippen LogP contribution in [-0.2, 0) is 4.74 Å². The monoisotopic (exact) mass is 172 g/mol. The SMILES string of the molecule is COCC(C)N1CC(C)C(N)C1. The molecule has 0 aromatic carbocycles. The van der Waals surface area contributed by atoms with Gasteiger partial charge in [-0.15, -0.1) is 0 Å². The summed E-state index contributed by atoms with van der Waals surface area (Å²) in [4.78, 5) is 2.40. The molecule has 12 heavy (non-hydrogen) atoms. The summed E-state index contributed by atoms with van der Waals surface area (Å²) in [6.07, 6.45) is 0. The number of hydrogen-bond donors (Lipinski definition) is 1. The zero-order valence-electron chi connectivity index (χ0n) is 8.29. The van der Waals surface area contributed by atoms with Crippen molar-refractivity contribution in [3.63, 3.8) is 0 Å². The summed E-state index contributed by atoms with van der Waals surface area (Å²) < 4.78 is 5.10. The Hall–Kier alpha value is -0.120. The summed E-state index contributed by atoms with van der Waals surface area (Å²) in [5.74, 6) is 0.629. The predicted molar refractivity (Wildman–Crippen MR) is 50.1 cm³/mol. The highest BCUT2D eigenvalue weighted by Gasteiger charge is 2.29. The number of rotatable bonds is 3. The predicted octanol–water partition coefficient (Wildman–Crippen LogP) is 0.300. The average Bonchev–Trinajstić information content (AvgIpc) is 2.33. The van der Waals surface area contributed by atoms with Gasteiger partial charge in [0.05, 0.1) is 6.61 Å². The van der Waals surface area contributed by atoms with Crippen LogP contribution < -0.4 is 5.73 Å². The number of methoxy groups -OCH3 is 1. The van der Waals surface area contributed by atoms with Crippen LogP contribution in [0.15, 0.2) is 0 Å². The van der Waals surface area contributed by atoms with Crippen molar-refractivity contribution in [3.05, 3.63) is 0 Å². The Bertz CT molecular complexity index is 130. The molecule has 3 atom stereocenters. The zero-order valence-corrected chi connectivity index (χ0v) is 8.29. The number of nitrogens with two attached hydrogens (primary N) is 1. The Balaban J connectivity index is 2.35. The Morgan fingerprint density at radius 3 is 2.67 bits per heavy atom. The topological polar surface area (TPSA) is 38.5 Å². The van der Waals surface area contributed by atoms with E-state index in [-0.39, 0.29) is 0 Å². The maximum atomic E-state index is 5.92. The molecule has 0 aliphatic carbocycles. The van der Waals surface area contributed by atoms with Crippen LogP contribution in [0.4, 0.5) is 0 Å². The van der Waals surface area contributed by atoms with Crippen molar-refractivity contribution in [1.82, 2.24) is 4.90 Å². The molecule has 0 radical (unpaired) electrons. The summed E-state index contributed by atoms with van der Waals surface area (Å²) >= 11 is 0. The molecule has 1 fully saturated rings. The number of likely N-dealkylation sites (tertiary alicyclic amines) is 1. The van der Waals surface area contributed by atoms with Crippen molar-refractivity contribution >= 4 is 0 Å². The molecular weight excluding hydrogens is 152 g/mol. The highest BCUT2D eigenvalue weighted by molar-refractivity contribution is 4.86. The third-order valence-electron chi connectivity index (χ3n) is 2.73. The van der Waals surface area contributed by atoms with Gasteiger partial charge in [-0.1, -0.05) is 6.92 Å². The fraction of sp³-hybridized carbons (Fsp3) is 1.00. The van der Waals surface area contributed by atoms with E-state index in [9.17, 15) is 0 Å². The average molecular weight is 172 g/mol. The molecule has 0 bridgehead atoms. The van der Waals surface area contributed by atoms with Gasteiger partial charge < -0.3 is 10.5 Å². The maximum Gasteiger partial charge on any atom is 0.0615 e. The van der Waals surface area contributed by atoms with Gasteiger partial charge in [-0.25, -0.2) is 0 Å². The molecule has 0 saturated carbocycles. The van der Waals surface area contributed by atoms with E-state index in [4.69, 9.17) is 10.5 Å². The molecule has 3 nitrogen and oxygen atoms in total. The molecular formula is C9H20N2O. The van der Waals surface area contributed by atoms with Gasteiger partial charge in [0, 0.05) is 32.3 Å². The van der Waals surface area contributed by atoms with Gasteiger partial charge in [0.15, 0.2) is 0 Å². The van der Waals surface area contributed by atoms with E-state index < -0.39 is 0 Å². The van der Waals surface area contributed by atoms with Crippen molar-refractivity contribution in [1.29, 1.82) is 0 Å².